The highest BCUT2D eigenvalue weighted by Crippen LogP contribution is 2.30. The third kappa shape index (κ3) is 5.50. The molecular weight excluding hydrogens is 466 g/mol. The zero-order valence-electron chi connectivity index (χ0n) is 18.0. The van der Waals surface area contributed by atoms with E-state index in [1.54, 1.807) is 37.4 Å². The second-order valence-electron chi connectivity index (χ2n) is 7.39. The van der Waals surface area contributed by atoms with Crippen molar-refractivity contribution in [2.75, 3.05) is 17.9 Å². The molecule has 3 rings (SSSR count). The number of anilines is 1. The first-order chi connectivity index (χ1) is 15.6. The van der Waals surface area contributed by atoms with Crippen LogP contribution >= 0.6 is 11.6 Å². The van der Waals surface area contributed by atoms with E-state index in [0.717, 1.165) is 27.6 Å². The largest absolute Gasteiger partial charge is 0.340 e. The first-order valence-electron chi connectivity index (χ1n) is 9.91. The summed E-state index contributed by atoms with van der Waals surface area (Å²) in [5, 5.41) is 11.1. The maximum Gasteiger partial charge on any atom is 0.289 e. The number of hydrogen-bond donors (Lipinski definition) is 0. The molecule has 0 aliphatic carbocycles. The molecule has 0 spiro atoms. The summed E-state index contributed by atoms with van der Waals surface area (Å²) in [4.78, 5) is 24.7. The molecule has 0 saturated carbocycles. The predicted octanol–water partition coefficient (Wildman–Crippen LogP) is 4.41. The molecule has 0 aliphatic rings. The topological polar surface area (TPSA) is 101 Å². The zero-order valence-corrected chi connectivity index (χ0v) is 19.6. The Bertz CT molecular complexity index is 1280. The van der Waals surface area contributed by atoms with Crippen LogP contribution in [0.5, 0.6) is 0 Å². The summed E-state index contributed by atoms with van der Waals surface area (Å²) in [6, 6.07) is 18.9. The fourth-order valence-corrected chi connectivity index (χ4v) is 4.83. The van der Waals surface area contributed by atoms with Gasteiger partial charge in [0.2, 0.25) is 5.91 Å². The van der Waals surface area contributed by atoms with E-state index in [9.17, 15) is 23.3 Å². The van der Waals surface area contributed by atoms with Crippen molar-refractivity contribution < 1.29 is 18.1 Å². The number of rotatable bonds is 8. The minimum atomic E-state index is -4.31. The van der Waals surface area contributed by atoms with Crippen molar-refractivity contribution in [1.82, 2.24) is 4.90 Å². The van der Waals surface area contributed by atoms with E-state index in [-0.39, 0.29) is 15.6 Å². The number of nitro benzene ring substituents is 1. The molecule has 8 nitrogen and oxygen atoms in total. The number of sulfonamides is 1. The van der Waals surface area contributed by atoms with Gasteiger partial charge >= 0.3 is 0 Å². The fourth-order valence-electron chi connectivity index (χ4n) is 3.20. The molecule has 0 bridgehead atoms. The second-order valence-corrected chi connectivity index (χ2v) is 9.66. The molecule has 3 aromatic rings. The molecule has 0 heterocycles. The van der Waals surface area contributed by atoms with Gasteiger partial charge in [-0.1, -0.05) is 54.1 Å². The molecule has 0 aromatic heterocycles. The number of benzene rings is 3. The van der Waals surface area contributed by atoms with Crippen LogP contribution in [0.4, 0.5) is 11.4 Å². The molecule has 1 amide bonds. The van der Waals surface area contributed by atoms with Crippen molar-refractivity contribution in [2.24, 2.45) is 0 Å². The number of carbonyl (C=O) groups is 1. The highest BCUT2D eigenvalue weighted by molar-refractivity contribution is 7.92. The zero-order chi connectivity index (χ0) is 24.2. The Morgan fingerprint density at radius 2 is 1.67 bits per heavy atom. The van der Waals surface area contributed by atoms with Gasteiger partial charge in [-0.2, -0.15) is 0 Å². The van der Waals surface area contributed by atoms with E-state index in [1.165, 1.54) is 11.0 Å². The van der Waals surface area contributed by atoms with Crippen LogP contribution in [0.1, 0.15) is 11.1 Å². The lowest BCUT2D eigenvalue weighted by Crippen LogP contribution is -2.41. The van der Waals surface area contributed by atoms with E-state index in [1.807, 2.05) is 31.2 Å². The average molecular weight is 488 g/mol. The maximum atomic E-state index is 13.5. The number of aryl methyl sites for hydroxylation is 1. The van der Waals surface area contributed by atoms with Crippen LogP contribution in [0.3, 0.4) is 0 Å². The summed E-state index contributed by atoms with van der Waals surface area (Å²) in [7, 11) is -2.72. The molecule has 0 unspecified atom stereocenters. The van der Waals surface area contributed by atoms with E-state index in [4.69, 9.17) is 11.6 Å². The second kappa shape index (κ2) is 10.0. The molecule has 0 N–H and O–H groups in total. The van der Waals surface area contributed by atoms with Crippen molar-refractivity contribution in [3.05, 3.63) is 99.1 Å². The summed E-state index contributed by atoms with van der Waals surface area (Å²) >= 11 is 5.84. The van der Waals surface area contributed by atoms with Gasteiger partial charge in [-0.05, 0) is 42.3 Å². The first kappa shape index (κ1) is 24.2. The SMILES string of the molecule is Cc1ccccc1CN(C)C(=O)CN(c1ccccc1)S(=O)(=O)c1ccc(Cl)c([N+](=O)[O-])c1. The standard InChI is InChI=1S/C23H22ClN3O5S/c1-17-8-6-7-9-18(17)15-25(2)23(28)16-26(19-10-4-3-5-11-19)33(31,32)20-12-13-21(24)22(14-20)27(29)30/h3-14H,15-16H2,1-2H3. The smallest absolute Gasteiger partial charge is 0.289 e. The Morgan fingerprint density at radius 3 is 2.30 bits per heavy atom. The summed E-state index contributed by atoms with van der Waals surface area (Å²) in [5.41, 5.74) is 1.68. The van der Waals surface area contributed by atoms with Gasteiger partial charge in [-0.3, -0.25) is 19.2 Å². The molecule has 10 heteroatoms. The Kier molecular flexibility index (Phi) is 7.35. The van der Waals surface area contributed by atoms with Crippen molar-refractivity contribution in [3.63, 3.8) is 0 Å². The van der Waals surface area contributed by atoms with Gasteiger partial charge in [-0.15, -0.1) is 0 Å². The normalized spacial score (nSPS) is 11.1. The Labute approximate surface area is 197 Å². The third-order valence-corrected chi connectivity index (χ3v) is 7.21. The van der Waals surface area contributed by atoms with Crippen LogP contribution in [0, 0.1) is 17.0 Å². The highest BCUT2D eigenvalue weighted by Gasteiger charge is 2.30. The van der Waals surface area contributed by atoms with Gasteiger partial charge in [0.05, 0.1) is 15.5 Å². The fraction of sp³-hybridized carbons (Fsp3) is 0.174. The summed E-state index contributed by atoms with van der Waals surface area (Å²) in [6.45, 7) is 1.76. The van der Waals surface area contributed by atoms with Gasteiger partial charge in [-0.25, -0.2) is 8.42 Å². The molecule has 0 saturated heterocycles. The lowest BCUT2D eigenvalue weighted by Gasteiger charge is -2.27. The van der Waals surface area contributed by atoms with Gasteiger partial charge in [0.1, 0.15) is 11.6 Å². The maximum absolute atomic E-state index is 13.5. The number of hydrogen-bond acceptors (Lipinski definition) is 5. The Morgan fingerprint density at radius 1 is 1.03 bits per heavy atom. The Hall–Kier alpha value is -3.43. The summed E-state index contributed by atoms with van der Waals surface area (Å²) < 4.78 is 27.9. The minimum Gasteiger partial charge on any atom is -0.340 e. The summed E-state index contributed by atoms with van der Waals surface area (Å²) in [5.74, 6) is -0.436. The molecule has 0 radical (unpaired) electrons. The molecule has 0 atom stereocenters. The molecule has 0 fully saturated rings. The molecular formula is C23H22ClN3O5S. The van der Waals surface area contributed by atoms with Crippen molar-refractivity contribution >= 4 is 38.9 Å². The molecule has 0 aliphatic heterocycles. The van der Waals surface area contributed by atoms with Crippen molar-refractivity contribution in [2.45, 2.75) is 18.4 Å². The summed E-state index contributed by atoms with van der Waals surface area (Å²) in [6.07, 6.45) is 0. The van der Waals surface area contributed by atoms with Crippen LogP contribution in [0.2, 0.25) is 5.02 Å². The van der Waals surface area contributed by atoms with Crippen LogP contribution in [-0.2, 0) is 21.4 Å². The van der Waals surface area contributed by atoms with Gasteiger partial charge in [0, 0.05) is 19.7 Å². The molecule has 33 heavy (non-hydrogen) atoms. The molecule has 3 aromatic carbocycles. The predicted molar refractivity (Wildman–Crippen MR) is 127 cm³/mol. The van der Waals surface area contributed by atoms with Crippen LogP contribution < -0.4 is 4.31 Å². The number of carbonyl (C=O) groups excluding carboxylic acids is 1. The van der Waals surface area contributed by atoms with E-state index in [2.05, 4.69) is 0 Å². The number of para-hydroxylation sites is 1. The van der Waals surface area contributed by atoms with Crippen LogP contribution in [0.15, 0.2) is 77.7 Å². The molecule has 172 valence electrons. The van der Waals surface area contributed by atoms with E-state index < -0.39 is 33.1 Å². The van der Waals surface area contributed by atoms with E-state index in [0.29, 0.717) is 6.54 Å². The Balaban J connectivity index is 1.96. The number of nitrogens with zero attached hydrogens (tertiary/aromatic N) is 3. The quantitative estimate of drug-likeness (QED) is 0.346. The third-order valence-electron chi connectivity index (χ3n) is 5.12. The van der Waals surface area contributed by atoms with Crippen molar-refractivity contribution in [1.29, 1.82) is 0 Å². The number of nitro groups is 1. The van der Waals surface area contributed by atoms with E-state index >= 15 is 0 Å². The number of likely N-dealkylation sites (N-methyl/N-ethyl adjacent to an activating group) is 1. The minimum absolute atomic E-state index is 0.181. The first-order valence-corrected chi connectivity index (χ1v) is 11.7. The van der Waals surface area contributed by atoms with Crippen molar-refractivity contribution in [3.8, 4) is 0 Å². The number of amides is 1. The van der Waals surface area contributed by atoms with Gasteiger partial charge in [0.15, 0.2) is 0 Å². The average Bonchev–Trinajstić information content (AvgIpc) is 2.79. The van der Waals surface area contributed by atoms with Gasteiger partial charge in [0.25, 0.3) is 15.7 Å². The monoisotopic (exact) mass is 487 g/mol. The van der Waals surface area contributed by atoms with Crippen LogP contribution in [-0.4, -0.2) is 37.7 Å². The van der Waals surface area contributed by atoms with Crippen LogP contribution in [0.25, 0.3) is 0 Å². The van der Waals surface area contributed by atoms with Gasteiger partial charge < -0.3 is 4.90 Å². The number of halogens is 1. The lowest BCUT2D eigenvalue weighted by atomic mass is 10.1. The lowest BCUT2D eigenvalue weighted by molar-refractivity contribution is -0.384. The highest BCUT2D eigenvalue weighted by atomic mass is 35.5.